The molecule has 0 radical (unpaired) electrons. The number of benzene rings is 1. The summed E-state index contributed by atoms with van der Waals surface area (Å²) in [6.07, 6.45) is 2.26. The summed E-state index contributed by atoms with van der Waals surface area (Å²) in [6.45, 7) is 2.58. The van der Waals surface area contributed by atoms with Crippen LogP contribution in [-0.2, 0) is 0 Å². The van der Waals surface area contributed by atoms with Crippen molar-refractivity contribution in [1.29, 1.82) is 0 Å². The van der Waals surface area contributed by atoms with E-state index >= 15 is 0 Å². The summed E-state index contributed by atoms with van der Waals surface area (Å²) in [6, 6.07) is 16.3. The Kier molecular flexibility index (Phi) is 4.05. The lowest BCUT2D eigenvalue weighted by Crippen LogP contribution is -2.34. The first-order chi connectivity index (χ1) is 13.3. The Hall–Kier alpha value is -2.86. The van der Waals surface area contributed by atoms with Gasteiger partial charge in [-0.2, -0.15) is 5.10 Å². The molecule has 2 aromatic heterocycles. The molecule has 2 atom stereocenters. The minimum atomic E-state index is -0.372. The minimum absolute atomic E-state index is 0.110. The van der Waals surface area contributed by atoms with Crippen molar-refractivity contribution in [1.82, 2.24) is 9.99 Å². The van der Waals surface area contributed by atoms with E-state index in [-0.39, 0.29) is 12.3 Å². The van der Waals surface area contributed by atoms with Crippen LogP contribution in [0, 0.1) is 0 Å². The summed E-state index contributed by atoms with van der Waals surface area (Å²) in [7, 11) is 0. The van der Waals surface area contributed by atoms with Crippen LogP contribution in [0.1, 0.15) is 41.7 Å². The van der Waals surface area contributed by atoms with Gasteiger partial charge in [-0.25, -0.2) is 5.01 Å². The highest BCUT2D eigenvalue weighted by Crippen LogP contribution is 2.50. The van der Waals surface area contributed by atoms with E-state index in [1.54, 1.807) is 17.5 Å². The van der Waals surface area contributed by atoms with Crippen LogP contribution in [0.5, 0.6) is 11.5 Å². The molecule has 1 aromatic carbocycles. The molecule has 5 nitrogen and oxygen atoms in total. The van der Waals surface area contributed by atoms with Gasteiger partial charge in [-0.15, -0.1) is 11.3 Å². The molecule has 0 aliphatic carbocycles. The fraction of sp³-hybridized carbons (Fsp3) is 0.238. The average molecular weight is 377 g/mol. The molecule has 27 heavy (non-hydrogen) atoms. The van der Waals surface area contributed by atoms with Crippen molar-refractivity contribution in [3.8, 4) is 11.5 Å². The monoisotopic (exact) mass is 377 g/mol. The van der Waals surface area contributed by atoms with Gasteiger partial charge in [0.25, 0.3) is 0 Å². The Morgan fingerprint density at radius 1 is 1.19 bits per heavy atom. The van der Waals surface area contributed by atoms with Crippen LogP contribution < -0.4 is 9.47 Å². The number of thiophene rings is 1. The van der Waals surface area contributed by atoms with Crippen molar-refractivity contribution in [3.63, 3.8) is 0 Å². The van der Waals surface area contributed by atoms with E-state index in [0.717, 1.165) is 34.9 Å². The normalized spacial score (nSPS) is 20.5. The van der Waals surface area contributed by atoms with E-state index in [1.165, 1.54) is 4.88 Å². The predicted octanol–water partition coefficient (Wildman–Crippen LogP) is 4.78. The predicted molar refractivity (Wildman–Crippen MR) is 105 cm³/mol. The van der Waals surface area contributed by atoms with Gasteiger partial charge in [-0.1, -0.05) is 24.3 Å². The topological polar surface area (TPSA) is 47.0 Å². The van der Waals surface area contributed by atoms with E-state index in [9.17, 15) is 0 Å². The SMILES string of the molecule is CCOc1cccc2c1OC(c1ccccn1)N1N=C(c3cccs3)CC21. The third-order valence-electron chi connectivity index (χ3n) is 4.83. The van der Waals surface area contributed by atoms with E-state index in [0.29, 0.717) is 6.61 Å². The molecule has 0 bridgehead atoms. The molecule has 2 unspecified atom stereocenters. The standard InChI is InChI=1S/C21H19N3O2S/c1-2-25-18-9-5-7-14-17-13-16(19-10-6-12-27-19)23-24(17)21(26-20(14)18)15-8-3-4-11-22-15/h3-12,17,21H,2,13H2,1H3. The van der Waals surface area contributed by atoms with Gasteiger partial charge in [0.05, 0.1) is 23.2 Å². The Labute approximate surface area is 161 Å². The van der Waals surface area contributed by atoms with Gasteiger partial charge in [-0.05, 0) is 36.6 Å². The lowest BCUT2D eigenvalue weighted by atomic mass is 9.98. The third-order valence-corrected chi connectivity index (χ3v) is 5.75. The van der Waals surface area contributed by atoms with Crippen LogP contribution in [0.25, 0.3) is 0 Å². The number of rotatable bonds is 4. The molecule has 6 heteroatoms. The van der Waals surface area contributed by atoms with Gasteiger partial charge in [-0.3, -0.25) is 4.98 Å². The second-order valence-electron chi connectivity index (χ2n) is 6.46. The van der Waals surface area contributed by atoms with Gasteiger partial charge in [0.15, 0.2) is 11.5 Å². The summed E-state index contributed by atoms with van der Waals surface area (Å²) in [4.78, 5) is 5.73. The number of hydrogen-bond donors (Lipinski definition) is 0. The average Bonchev–Trinajstić information content (AvgIpc) is 3.38. The first kappa shape index (κ1) is 16.3. The van der Waals surface area contributed by atoms with Crippen molar-refractivity contribution in [3.05, 3.63) is 76.2 Å². The second-order valence-corrected chi connectivity index (χ2v) is 7.40. The molecule has 0 saturated carbocycles. The number of hydrazone groups is 1. The zero-order valence-electron chi connectivity index (χ0n) is 14.9. The molecule has 5 rings (SSSR count). The van der Waals surface area contributed by atoms with Gasteiger partial charge in [0, 0.05) is 18.2 Å². The zero-order chi connectivity index (χ0) is 18.2. The molecule has 2 aliphatic heterocycles. The smallest absolute Gasteiger partial charge is 0.230 e. The second kappa shape index (κ2) is 6.70. The molecule has 0 N–H and O–H groups in total. The molecule has 136 valence electrons. The highest BCUT2D eigenvalue weighted by Gasteiger charge is 2.42. The van der Waals surface area contributed by atoms with Gasteiger partial charge < -0.3 is 9.47 Å². The summed E-state index contributed by atoms with van der Waals surface area (Å²) in [5.41, 5.74) is 3.05. The summed E-state index contributed by atoms with van der Waals surface area (Å²) in [5, 5.41) is 9.08. The molecule has 0 saturated heterocycles. The summed E-state index contributed by atoms with van der Waals surface area (Å²) >= 11 is 1.72. The lowest BCUT2D eigenvalue weighted by Gasteiger charge is -2.38. The molecule has 0 fully saturated rings. The third kappa shape index (κ3) is 2.77. The van der Waals surface area contributed by atoms with Gasteiger partial charge in [0.2, 0.25) is 6.23 Å². The number of ether oxygens (including phenoxy) is 2. The van der Waals surface area contributed by atoms with Crippen LogP contribution in [-0.4, -0.2) is 22.3 Å². The number of fused-ring (bicyclic) bond motifs is 3. The van der Waals surface area contributed by atoms with Crippen LogP contribution in [0.15, 0.2) is 65.2 Å². The molecule has 0 amide bonds. The van der Waals surface area contributed by atoms with E-state index in [1.807, 2.05) is 37.3 Å². The van der Waals surface area contributed by atoms with Crippen LogP contribution in [0.3, 0.4) is 0 Å². The van der Waals surface area contributed by atoms with Crippen LogP contribution in [0.4, 0.5) is 0 Å². The number of nitrogens with zero attached hydrogens (tertiary/aromatic N) is 3. The summed E-state index contributed by atoms with van der Waals surface area (Å²) in [5.74, 6) is 1.58. The maximum Gasteiger partial charge on any atom is 0.230 e. The summed E-state index contributed by atoms with van der Waals surface area (Å²) < 4.78 is 12.3. The van der Waals surface area contributed by atoms with Crippen molar-refractivity contribution >= 4 is 17.0 Å². The fourth-order valence-electron chi connectivity index (χ4n) is 3.66. The Bertz CT molecular complexity index is 972. The zero-order valence-corrected chi connectivity index (χ0v) is 15.7. The van der Waals surface area contributed by atoms with E-state index < -0.39 is 0 Å². The van der Waals surface area contributed by atoms with Gasteiger partial charge >= 0.3 is 0 Å². The Morgan fingerprint density at radius 3 is 2.93 bits per heavy atom. The quantitative estimate of drug-likeness (QED) is 0.656. The molecular formula is C21H19N3O2S. The van der Waals surface area contributed by atoms with Crippen molar-refractivity contribution in [2.24, 2.45) is 5.10 Å². The van der Waals surface area contributed by atoms with Crippen LogP contribution in [0.2, 0.25) is 0 Å². The number of aromatic nitrogens is 1. The van der Waals surface area contributed by atoms with Crippen molar-refractivity contribution in [2.45, 2.75) is 25.6 Å². The first-order valence-electron chi connectivity index (χ1n) is 9.08. The van der Waals surface area contributed by atoms with Gasteiger partial charge in [0.1, 0.15) is 5.69 Å². The van der Waals surface area contributed by atoms with E-state index in [4.69, 9.17) is 14.6 Å². The molecule has 2 aliphatic rings. The van der Waals surface area contributed by atoms with E-state index in [2.05, 4.69) is 33.6 Å². The highest BCUT2D eigenvalue weighted by molar-refractivity contribution is 7.12. The molecule has 0 spiro atoms. The molecular weight excluding hydrogens is 358 g/mol. The van der Waals surface area contributed by atoms with Crippen molar-refractivity contribution in [2.75, 3.05) is 6.61 Å². The maximum atomic E-state index is 6.42. The van der Waals surface area contributed by atoms with Crippen molar-refractivity contribution < 1.29 is 9.47 Å². The Morgan fingerprint density at radius 2 is 2.15 bits per heavy atom. The Balaban J connectivity index is 1.62. The largest absolute Gasteiger partial charge is 0.490 e. The molecule has 3 aromatic rings. The molecule has 4 heterocycles. The number of hydrogen-bond acceptors (Lipinski definition) is 6. The number of pyridine rings is 1. The number of para-hydroxylation sites is 1. The first-order valence-corrected chi connectivity index (χ1v) is 9.96. The van der Waals surface area contributed by atoms with Crippen LogP contribution >= 0.6 is 11.3 Å². The minimum Gasteiger partial charge on any atom is -0.490 e. The fourth-order valence-corrected chi connectivity index (χ4v) is 4.38. The highest BCUT2D eigenvalue weighted by atomic mass is 32.1. The lowest BCUT2D eigenvalue weighted by molar-refractivity contribution is -0.0240. The maximum absolute atomic E-state index is 6.42.